The van der Waals surface area contributed by atoms with Crippen molar-refractivity contribution in [3.63, 3.8) is 0 Å². The molecule has 0 radical (unpaired) electrons. The van der Waals surface area contributed by atoms with E-state index in [1.807, 2.05) is 24.3 Å². The van der Waals surface area contributed by atoms with Gasteiger partial charge in [0, 0.05) is 20.8 Å². The smallest absolute Gasteiger partial charge is 0.205 e. The Morgan fingerprint density at radius 2 is 1.74 bits per heavy atom. The molecule has 0 bridgehead atoms. The summed E-state index contributed by atoms with van der Waals surface area (Å²) in [4.78, 5) is 20.7. The Morgan fingerprint density at radius 1 is 0.952 bits per heavy atom. The fraction of sp³-hybridized carbons (Fsp3) is 0.459. The van der Waals surface area contributed by atoms with Crippen LogP contribution in [-0.4, -0.2) is 10.8 Å². The second kappa shape index (κ2) is 9.75. The molecule has 2 N–H and O–H groups in total. The fourth-order valence-electron chi connectivity index (χ4n) is 10.2. The van der Waals surface area contributed by atoms with Crippen molar-refractivity contribution in [1.82, 2.24) is 4.98 Å². The molecule has 6 atom stereocenters. The molecule has 4 aromatic rings. The van der Waals surface area contributed by atoms with Gasteiger partial charge >= 0.3 is 0 Å². The molecule has 5 heteroatoms. The Morgan fingerprint density at radius 3 is 2.52 bits per heavy atom. The van der Waals surface area contributed by atoms with Gasteiger partial charge in [-0.05, 0) is 115 Å². The molecule has 216 valence electrons. The third-order valence-electron chi connectivity index (χ3n) is 12.3. The second-order valence-corrected chi connectivity index (χ2v) is 16.0. The number of aromatic nitrogens is 1. The first-order chi connectivity index (χ1) is 20.3. The van der Waals surface area contributed by atoms with Crippen LogP contribution in [0.3, 0.4) is 0 Å². The van der Waals surface area contributed by atoms with Crippen LogP contribution in [0.25, 0.3) is 21.3 Å². The predicted molar refractivity (Wildman–Crippen MR) is 177 cm³/mol. The Bertz CT molecular complexity index is 1710. The van der Waals surface area contributed by atoms with Gasteiger partial charge in [-0.25, -0.2) is 4.98 Å². The highest BCUT2D eigenvalue weighted by Gasteiger charge is 2.59. The second-order valence-electron chi connectivity index (χ2n) is 14.1. The van der Waals surface area contributed by atoms with E-state index in [4.69, 9.17) is 10.7 Å². The van der Waals surface area contributed by atoms with Crippen molar-refractivity contribution in [3.8, 4) is 11.1 Å². The largest absolute Gasteiger partial charge is 0.397 e. The molecule has 4 aliphatic rings. The van der Waals surface area contributed by atoms with Crippen LogP contribution in [-0.2, 0) is 11.8 Å². The number of hydrogen-bond acceptors (Lipinski definition) is 4. The number of benzene rings is 2. The summed E-state index contributed by atoms with van der Waals surface area (Å²) in [6.07, 6.45) is 12.1. The van der Waals surface area contributed by atoms with E-state index in [9.17, 15) is 4.79 Å². The zero-order valence-corrected chi connectivity index (χ0v) is 27.0. The van der Waals surface area contributed by atoms with E-state index in [1.54, 1.807) is 0 Å². The molecule has 0 spiro atoms. The average molecular weight is 640 g/mol. The molecule has 2 aromatic carbocycles. The SMILES string of the molecule is C[C@]12CCCC[C@@H]1CC[C@H]1[C@H]2CC[C@]2(C)c3nc4sc(C(=O)c5ccc(Br)cc5)c(N)c4c(-c4ccccc4)c3C[C@@H]12. The zero-order chi connectivity index (χ0) is 28.8. The molecule has 0 amide bonds. The van der Waals surface area contributed by atoms with Crippen molar-refractivity contribution in [2.75, 3.05) is 5.73 Å². The molecule has 8 rings (SSSR count). The molecule has 4 aliphatic carbocycles. The quantitative estimate of drug-likeness (QED) is 0.227. The van der Waals surface area contributed by atoms with Gasteiger partial charge in [0.2, 0.25) is 5.78 Å². The predicted octanol–water partition coefficient (Wildman–Crippen LogP) is 9.99. The van der Waals surface area contributed by atoms with Crippen LogP contribution in [0.15, 0.2) is 59.1 Å². The number of pyridine rings is 1. The van der Waals surface area contributed by atoms with E-state index in [0.717, 1.165) is 38.9 Å². The molecule has 0 saturated heterocycles. The number of ketones is 1. The fourth-order valence-corrected chi connectivity index (χ4v) is 11.5. The van der Waals surface area contributed by atoms with E-state index >= 15 is 0 Å². The minimum Gasteiger partial charge on any atom is -0.397 e. The van der Waals surface area contributed by atoms with Crippen LogP contribution in [0.4, 0.5) is 5.69 Å². The lowest BCUT2D eigenvalue weighted by molar-refractivity contribution is -0.0907. The number of carbonyl (C=O) groups excluding carboxylic acids is 1. The molecule has 0 aliphatic heterocycles. The van der Waals surface area contributed by atoms with Crippen LogP contribution in [0.5, 0.6) is 0 Å². The highest BCUT2D eigenvalue weighted by Crippen LogP contribution is 2.66. The minimum atomic E-state index is -0.0238. The number of rotatable bonds is 3. The lowest BCUT2D eigenvalue weighted by atomic mass is 9.45. The lowest BCUT2D eigenvalue weighted by Crippen LogP contribution is -2.53. The summed E-state index contributed by atoms with van der Waals surface area (Å²) >= 11 is 4.97. The maximum absolute atomic E-state index is 13.7. The molecule has 0 unspecified atom stereocenters. The number of nitrogen functional groups attached to an aromatic ring is 1. The number of nitrogens with two attached hydrogens (primary N) is 1. The van der Waals surface area contributed by atoms with Crippen molar-refractivity contribution in [2.24, 2.45) is 29.1 Å². The number of nitrogens with zero attached hydrogens (tertiary/aromatic N) is 1. The molecule has 2 heterocycles. The van der Waals surface area contributed by atoms with Gasteiger partial charge in [-0.2, -0.15) is 0 Å². The van der Waals surface area contributed by atoms with Crippen LogP contribution >= 0.6 is 27.3 Å². The summed E-state index contributed by atoms with van der Waals surface area (Å²) < 4.78 is 0.955. The molecular weight excluding hydrogens is 600 g/mol. The minimum absolute atomic E-state index is 0.0238. The van der Waals surface area contributed by atoms with E-state index < -0.39 is 0 Å². The van der Waals surface area contributed by atoms with Gasteiger partial charge in [0.05, 0.1) is 11.4 Å². The summed E-state index contributed by atoms with van der Waals surface area (Å²) in [6.45, 7) is 5.18. The van der Waals surface area contributed by atoms with Crippen molar-refractivity contribution < 1.29 is 4.79 Å². The maximum Gasteiger partial charge on any atom is 0.205 e. The zero-order valence-electron chi connectivity index (χ0n) is 24.6. The van der Waals surface area contributed by atoms with Crippen molar-refractivity contribution in [3.05, 3.63) is 80.8 Å². The normalized spacial score (nSPS) is 31.7. The summed E-state index contributed by atoms with van der Waals surface area (Å²) in [5.41, 5.74) is 13.9. The Kier molecular flexibility index (Phi) is 6.29. The molecule has 3 saturated carbocycles. The van der Waals surface area contributed by atoms with Gasteiger partial charge in [-0.15, -0.1) is 11.3 Å². The van der Waals surface area contributed by atoms with Crippen LogP contribution < -0.4 is 5.73 Å². The van der Waals surface area contributed by atoms with Gasteiger partial charge in [-0.1, -0.05) is 73.0 Å². The van der Waals surface area contributed by atoms with Gasteiger partial charge < -0.3 is 5.73 Å². The lowest BCUT2D eigenvalue weighted by Gasteiger charge is -2.59. The molecular formula is C37H39BrN2OS. The van der Waals surface area contributed by atoms with E-state index in [2.05, 4.69) is 60.1 Å². The van der Waals surface area contributed by atoms with E-state index in [1.165, 1.54) is 85.1 Å². The van der Waals surface area contributed by atoms with Crippen molar-refractivity contribution in [2.45, 2.75) is 77.0 Å². The number of hydrogen-bond donors (Lipinski definition) is 1. The first-order valence-corrected chi connectivity index (χ1v) is 17.5. The third kappa shape index (κ3) is 3.81. The standard InChI is InChI=1S/C37H39BrN2OS/c1-36-18-7-6-10-23(36)13-16-25-27(36)17-19-37(2)28(25)20-26-29(21-8-4-3-5-9-21)30-31(39)33(42-35(30)40-34(26)37)32(41)22-11-14-24(38)15-12-22/h3-5,8-9,11-12,14-15,23,25,27-28H,6-7,10,13,16-20,39H2,1-2H3/t23-,25+,27-,28+,36+,37+/m1/s1. The monoisotopic (exact) mass is 638 g/mol. The summed E-state index contributed by atoms with van der Waals surface area (Å²) in [6, 6.07) is 18.3. The average Bonchev–Trinajstić information content (AvgIpc) is 3.49. The van der Waals surface area contributed by atoms with Crippen LogP contribution in [0.1, 0.15) is 91.7 Å². The van der Waals surface area contributed by atoms with Gasteiger partial charge in [0.1, 0.15) is 9.71 Å². The number of thiophene rings is 1. The molecule has 3 fully saturated rings. The number of halogens is 1. The molecule has 3 nitrogen and oxygen atoms in total. The summed E-state index contributed by atoms with van der Waals surface area (Å²) in [5, 5.41) is 0.979. The first-order valence-electron chi connectivity index (χ1n) is 15.9. The number of carbonyl (C=O) groups is 1. The van der Waals surface area contributed by atoms with E-state index in [0.29, 0.717) is 27.5 Å². The third-order valence-corrected chi connectivity index (χ3v) is 13.9. The van der Waals surface area contributed by atoms with Crippen LogP contribution in [0.2, 0.25) is 0 Å². The Labute approximate surface area is 261 Å². The molecule has 42 heavy (non-hydrogen) atoms. The van der Waals surface area contributed by atoms with Crippen molar-refractivity contribution >= 4 is 49.0 Å². The maximum atomic E-state index is 13.7. The topological polar surface area (TPSA) is 56.0 Å². The first kappa shape index (κ1) is 27.1. The Balaban J connectivity index is 1.28. The summed E-state index contributed by atoms with van der Waals surface area (Å²) in [7, 11) is 0. The number of anilines is 1. The van der Waals surface area contributed by atoms with Gasteiger partial charge in [-0.3, -0.25) is 4.79 Å². The van der Waals surface area contributed by atoms with Gasteiger partial charge in [0.25, 0.3) is 0 Å². The summed E-state index contributed by atoms with van der Waals surface area (Å²) in [5.74, 6) is 3.13. The van der Waals surface area contributed by atoms with Gasteiger partial charge in [0.15, 0.2) is 0 Å². The Hall–Kier alpha value is -2.50. The number of fused-ring (bicyclic) bond motifs is 8. The highest BCUT2D eigenvalue weighted by atomic mass is 79.9. The highest BCUT2D eigenvalue weighted by molar-refractivity contribution is 9.10. The van der Waals surface area contributed by atoms with Crippen LogP contribution in [0, 0.1) is 29.1 Å². The van der Waals surface area contributed by atoms with E-state index in [-0.39, 0.29) is 11.2 Å². The van der Waals surface area contributed by atoms with Crippen molar-refractivity contribution in [1.29, 1.82) is 0 Å². The molecule has 2 aromatic heterocycles.